The summed E-state index contributed by atoms with van der Waals surface area (Å²) < 4.78 is 10.8. The molecule has 0 radical (unpaired) electrons. The molecule has 2 unspecified atom stereocenters. The molecule has 0 saturated carbocycles. The zero-order valence-corrected chi connectivity index (χ0v) is 9.25. The summed E-state index contributed by atoms with van der Waals surface area (Å²) in [7, 11) is 0.789. The van der Waals surface area contributed by atoms with Gasteiger partial charge in [-0.2, -0.15) is 0 Å². The van der Waals surface area contributed by atoms with Gasteiger partial charge in [-0.3, -0.25) is 0 Å². The van der Waals surface area contributed by atoms with Crippen LogP contribution in [0.25, 0.3) is 0 Å². The minimum Gasteiger partial charge on any atom is -0.396 e. The Bertz CT molecular complexity index is 84.2. The summed E-state index contributed by atoms with van der Waals surface area (Å²) in [5, 5.41) is 0. The van der Waals surface area contributed by atoms with Crippen molar-refractivity contribution in [2.45, 2.75) is 45.6 Å². The van der Waals surface area contributed by atoms with Gasteiger partial charge in [0, 0.05) is 7.11 Å². The van der Waals surface area contributed by atoms with Crippen LogP contribution in [0.3, 0.4) is 0 Å². The van der Waals surface area contributed by atoms with Gasteiger partial charge in [-0.05, 0) is 19.0 Å². The van der Waals surface area contributed by atoms with Crippen LogP contribution in [-0.2, 0) is 9.16 Å². The molecule has 0 N–H and O–H groups in total. The molecule has 0 aromatic carbocycles. The van der Waals surface area contributed by atoms with Gasteiger partial charge < -0.3 is 9.16 Å². The zero-order valence-electron chi connectivity index (χ0n) is 8.09. The average molecular weight is 176 g/mol. The summed E-state index contributed by atoms with van der Waals surface area (Å²) in [6.07, 6.45) is 2.23. The lowest BCUT2D eigenvalue weighted by Crippen LogP contribution is -2.23. The summed E-state index contributed by atoms with van der Waals surface area (Å²) in [6, 6.07) is 1.25. The van der Waals surface area contributed by atoms with Crippen molar-refractivity contribution in [2.24, 2.45) is 0 Å². The highest BCUT2D eigenvalue weighted by molar-refractivity contribution is 6.50. The molecule has 0 rings (SSSR count). The van der Waals surface area contributed by atoms with Crippen molar-refractivity contribution in [2.75, 3.05) is 7.11 Å². The van der Waals surface area contributed by atoms with Crippen molar-refractivity contribution < 1.29 is 9.16 Å². The molecule has 2 nitrogen and oxygen atoms in total. The minimum absolute atomic E-state index is 0.0446. The SMILES string of the molecule is CCC[SiH](C)OC(CC)OC. The predicted octanol–water partition coefficient (Wildman–Crippen LogP) is 2.15. The molecule has 11 heavy (non-hydrogen) atoms. The average Bonchev–Trinajstić information content (AvgIpc) is 2.01. The lowest BCUT2D eigenvalue weighted by Gasteiger charge is -2.18. The summed E-state index contributed by atoms with van der Waals surface area (Å²) in [4.78, 5) is 0. The Morgan fingerprint density at radius 2 is 2.00 bits per heavy atom. The van der Waals surface area contributed by atoms with Crippen molar-refractivity contribution in [3.8, 4) is 0 Å². The fourth-order valence-corrected chi connectivity index (χ4v) is 2.82. The molecule has 0 saturated heterocycles. The van der Waals surface area contributed by atoms with Crippen LogP contribution in [0.5, 0.6) is 0 Å². The largest absolute Gasteiger partial charge is 0.396 e. The first-order chi connectivity index (χ1) is 5.24. The molecule has 0 aliphatic heterocycles. The normalized spacial score (nSPS) is 16.4. The van der Waals surface area contributed by atoms with Crippen LogP contribution in [0.4, 0.5) is 0 Å². The van der Waals surface area contributed by atoms with Crippen molar-refractivity contribution in [1.29, 1.82) is 0 Å². The van der Waals surface area contributed by atoms with Gasteiger partial charge in [-0.15, -0.1) is 0 Å². The van der Waals surface area contributed by atoms with Gasteiger partial charge in [0.2, 0.25) is 0 Å². The Hall–Kier alpha value is 0.137. The monoisotopic (exact) mass is 176 g/mol. The maximum absolute atomic E-state index is 5.71. The van der Waals surface area contributed by atoms with Crippen molar-refractivity contribution in [3.63, 3.8) is 0 Å². The van der Waals surface area contributed by atoms with Crippen LogP contribution >= 0.6 is 0 Å². The van der Waals surface area contributed by atoms with Crippen LogP contribution in [0.15, 0.2) is 0 Å². The number of hydrogen-bond acceptors (Lipinski definition) is 2. The number of methoxy groups -OCH3 is 1. The highest BCUT2D eigenvalue weighted by Gasteiger charge is 2.09. The summed E-state index contributed by atoms with van der Waals surface area (Å²) in [6.45, 7) is 6.51. The van der Waals surface area contributed by atoms with E-state index >= 15 is 0 Å². The molecule has 0 heterocycles. The minimum atomic E-state index is -0.920. The topological polar surface area (TPSA) is 18.5 Å². The van der Waals surface area contributed by atoms with E-state index in [1.807, 2.05) is 0 Å². The first-order valence-corrected chi connectivity index (χ1v) is 6.87. The van der Waals surface area contributed by atoms with E-state index in [-0.39, 0.29) is 6.29 Å². The molecule has 68 valence electrons. The summed E-state index contributed by atoms with van der Waals surface area (Å²) in [5.74, 6) is 0. The highest BCUT2D eigenvalue weighted by atomic mass is 28.3. The number of hydrogen-bond donors (Lipinski definition) is 0. The van der Waals surface area contributed by atoms with Crippen molar-refractivity contribution in [3.05, 3.63) is 0 Å². The lowest BCUT2D eigenvalue weighted by molar-refractivity contribution is -0.0574. The molecule has 3 heteroatoms. The van der Waals surface area contributed by atoms with Crippen LogP contribution in [-0.4, -0.2) is 22.4 Å². The van der Waals surface area contributed by atoms with Crippen LogP contribution < -0.4 is 0 Å². The third-order valence-corrected chi connectivity index (χ3v) is 3.83. The third kappa shape index (κ3) is 5.41. The molecule has 0 aromatic rings. The van der Waals surface area contributed by atoms with Gasteiger partial charge >= 0.3 is 0 Å². The second-order valence-electron chi connectivity index (χ2n) is 2.81. The van der Waals surface area contributed by atoms with E-state index in [2.05, 4.69) is 20.4 Å². The standard InChI is InChI=1S/C8H20O2Si/c1-5-7-11(4)10-8(6-2)9-3/h8,11H,5-7H2,1-4H3. The van der Waals surface area contributed by atoms with E-state index < -0.39 is 9.04 Å². The van der Waals surface area contributed by atoms with Gasteiger partial charge in [-0.25, -0.2) is 0 Å². The molecular weight excluding hydrogens is 156 g/mol. The van der Waals surface area contributed by atoms with Crippen LogP contribution in [0, 0.1) is 0 Å². The van der Waals surface area contributed by atoms with E-state index in [4.69, 9.17) is 9.16 Å². The second-order valence-corrected chi connectivity index (χ2v) is 5.28. The van der Waals surface area contributed by atoms with Crippen LogP contribution in [0.2, 0.25) is 12.6 Å². The first kappa shape index (κ1) is 11.1. The van der Waals surface area contributed by atoms with E-state index in [1.54, 1.807) is 7.11 Å². The molecule has 0 bridgehead atoms. The molecule has 0 aromatic heterocycles. The van der Waals surface area contributed by atoms with Gasteiger partial charge in [0.1, 0.15) is 6.29 Å². The molecule has 0 aliphatic carbocycles. The molecule has 0 spiro atoms. The maximum Gasteiger partial charge on any atom is 0.177 e. The molecule has 0 amide bonds. The Balaban J connectivity index is 3.44. The fraction of sp³-hybridized carbons (Fsp3) is 1.00. The van der Waals surface area contributed by atoms with E-state index in [1.165, 1.54) is 12.5 Å². The predicted molar refractivity (Wildman–Crippen MR) is 50.3 cm³/mol. The first-order valence-electron chi connectivity index (χ1n) is 4.42. The Morgan fingerprint density at radius 1 is 1.36 bits per heavy atom. The second kappa shape index (κ2) is 6.82. The third-order valence-electron chi connectivity index (χ3n) is 1.68. The Labute approximate surface area is 71.6 Å². The molecule has 0 fully saturated rings. The summed E-state index contributed by atoms with van der Waals surface area (Å²) >= 11 is 0. The van der Waals surface area contributed by atoms with Gasteiger partial charge in [0.15, 0.2) is 9.04 Å². The number of ether oxygens (including phenoxy) is 1. The van der Waals surface area contributed by atoms with Gasteiger partial charge in [0.25, 0.3) is 0 Å². The van der Waals surface area contributed by atoms with Gasteiger partial charge in [0.05, 0.1) is 0 Å². The smallest absolute Gasteiger partial charge is 0.177 e. The fourth-order valence-electron chi connectivity index (χ4n) is 1.05. The van der Waals surface area contributed by atoms with E-state index in [0.717, 1.165) is 6.42 Å². The zero-order chi connectivity index (χ0) is 8.69. The Morgan fingerprint density at radius 3 is 2.36 bits per heavy atom. The summed E-state index contributed by atoms with van der Waals surface area (Å²) in [5.41, 5.74) is 0. The van der Waals surface area contributed by atoms with E-state index in [9.17, 15) is 0 Å². The number of rotatable bonds is 6. The maximum atomic E-state index is 5.71. The molecular formula is C8H20O2Si. The lowest BCUT2D eigenvalue weighted by atomic mass is 10.5. The van der Waals surface area contributed by atoms with E-state index in [0.29, 0.717) is 0 Å². The van der Waals surface area contributed by atoms with Crippen molar-refractivity contribution >= 4 is 9.04 Å². The quantitative estimate of drug-likeness (QED) is 0.456. The van der Waals surface area contributed by atoms with Gasteiger partial charge in [-0.1, -0.05) is 20.3 Å². The Kier molecular flexibility index (Phi) is 6.91. The highest BCUT2D eigenvalue weighted by Crippen LogP contribution is 2.05. The van der Waals surface area contributed by atoms with Crippen LogP contribution in [0.1, 0.15) is 26.7 Å². The molecule has 2 atom stereocenters. The molecule has 0 aliphatic rings. The van der Waals surface area contributed by atoms with Crippen molar-refractivity contribution in [1.82, 2.24) is 0 Å².